The summed E-state index contributed by atoms with van der Waals surface area (Å²) in [4.78, 5) is 2.40. The highest BCUT2D eigenvalue weighted by molar-refractivity contribution is 6.09. The normalized spacial score (nSPS) is 11.3. The molecule has 1 nitrogen and oxygen atoms in total. The zero-order chi connectivity index (χ0) is 36.6. The first-order chi connectivity index (χ1) is 27.2. The van der Waals surface area contributed by atoms with Gasteiger partial charge in [-0.25, -0.2) is 0 Å². The average Bonchev–Trinajstić information content (AvgIpc) is 3.27. The van der Waals surface area contributed by atoms with Crippen LogP contribution in [0, 0.1) is 0 Å². The van der Waals surface area contributed by atoms with E-state index in [-0.39, 0.29) is 0 Å². The predicted octanol–water partition coefficient (Wildman–Crippen LogP) is 15.3. The van der Waals surface area contributed by atoms with E-state index in [1.807, 2.05) is 0 Å². The van der Waals surface area contributed by atoms with Crippen LogP contribution in [-0.4, -0.2) is 0 Å². The average molecular weight is 700 g/mol. The number of nitrogens with zero attached hydrogens (tertiary/aromatic N) is 1. The molecule has 10 rings (SSSR count). The van der Waals surface area contributed by atoms with Crippen molar-refractivity contribution < 1.29 is 0 Å². The van der Waals surface area contributed by atoms with Crippen molar-refractivity contribution in [3.05, 3.63) is 224 Å². The summed E-state index contributed by atoms with van der Waals surface area (Å²) < 4.78 is 0. The van der Waals surface area contributed by atoms with Crippen molar-refractivity contribution >= 4 is 49.4 Å². The number of rotatable bonds is 7. The summed E-state index contributed by atoms with van der Waals surface area (Å²) in [6.45, 7) is 0. The first-order valence-electron chi connectivity index (χ1n) is 18.9. The maximum absolute atomic E-state index is 2.40. The van der Waals surface area contributed by atoms with E-state index in [1.54, 1.807) is 0 Å². The molecule has 0 bridgehead atoms. The van der Waals surface area contributed by atoms with Crippen LogP contribution in [0.5, 0.6) is 0 Å². The summed E-state index contributed by atoms with van der Waals surface area (Å²) in [5.74, 6) is 0. The van der Waals surface area contributed by atoms with Crippen LogP contribution < -0.4 is 4.90 Å². The van der Waals surface area contributed by atoms with E-state index in [0.29, 0.717) is 0 Å². The minimum atomic E-state index is 1.10. The molecule has 0 aliphatic rings. The minimum absolute atomic E-state index is 1.10. The molecule has 0 saturated carbocycles. The van der Waals surface area contributed by atoms with Gasteiger partial charge in [-0.3, -0.25) is 0 Å². The standard InChI is InChI=1S/C54H37N/c1-4-12-38(13-5-1)44-22-24-47-35-45(23-25-46(47)34-44)39-26-29-48(30-27-39)55(49-31-28-43-21-20-42-18-10-11-19-51(42)54(43)36-49)50-32-33-52(40-14-6-2-7-15-40)53(37-50)41-16-8-3-9-17-41/h1-37H. The van der Waals surface area contributed by atoms with Gasteiger partial charge in [0.2, 0.25) is 0 Å². The number of benzene rings is 10. The molecule has 0 fully saturated rings. The maximum Gasteiger partial charge on any atom is 0.0468 e. The second-order valence-corrected chi connectivity index (χ2v) is 14.2. The molecule has 10 aromatic carbocycles. The zero-order valence-corrected chi connectivity index (χ0v) is 30.3. The fraction of sp³-hybridized carbons (Fsp3) is 0. The van der Waals surface area contributed by atoms with Crippen LogP contribution in [-0.2, 0) is 0 Å². The summed E-state index contributed by atoms with van der Waals surface area (Å²) in [6, 6.07) is 81.5. The summed E-state index contributed by atoms with van der Waals surface area (Å²) in [5, 5.41) is 7.45. The monoisotopic (exact) mass is 699 g/mol. The fourth-order valence-electron chi connectivity index (χ4n) is 8.01. The quantitative estimate of drug-likeness (QED) is 0.150. The topological polar surface area (TPSA) is 3.24 Å². The van der Waals surface area contributed by atoms with Gasteiger partial charge in [-0.15, -0.1) is 0 Å². The molecule has 55 heavy (non-hydrogen) atoms. The van der Waals surface area contributed by atoms with Gasteiger partial charge < -0.3 is 4.90 Å². The third kappa shape index (κ3) is 6.22. The molecule has 0 spiro atoms. The van der Waals surface area contributed by atoms with Crippen LogP contribution >= 0.6 is 0 Å². The Morgan fingerprint density at radius 1 is 0.218 bits per heavy atom. The molecule has 0 unspecified atom stereocenters. The minimum Gasteiger partial charge on any atom is -0.310 e. The smallest absolute Gasteiger partial charge is 0.0468 e. The molecule has 0 aliphatic carbocycles. The van der Waals surface area contributed by atoms with Gasteiger partial charge in [-0.2, -0.15) is 0 Å². The van der Waals surface area contributed by atoms with Crippen molar-refractivity contribution in [1.29, 1.82) is 0 Å². The van der Waals surface area contributed by atoms with Crippen LogP contribution in [0.2, 0.25) is 0 Å². The molecule has 10 aromatic rings. The Morgan fingerprint density at radius 3 is 1.31 bits per heavy atom. The van der Waals surface area contributed by atoms with Crippen molar-refractivity contribution in [3.63, 3.8) is 0 Å². The molecule has 0 saturated heterocycles. The summed E-state index contributed by atoms with van der Waals surface area (Å²) in [7, 11) is 0. The number of hydrogen-bond donors (Lipinski definition) is 0. The van der Waals surface area contributed by atoms with Crippen LogP contribution in [0.4, 0.5) is 17.1 Å². The second-order valence-electron chi connectivity index (χ2n) is 14.2. The molecule has 0 aliphatic heterocycles. The van der Waals surface area contributed by atoms with Crippen molar-refractivity contribution in [3.8, 4) is 44.5 Å². The number of fused-ring (bicyclic) bond motifs is 4. The Bertz CT molecular complexity index is 2950. The van der Waals surface area contributed by atoms with E-state index in [2.05, 4.69) is 229 Å². The summed E-state index contributed by atoms with van der Waals surface area (Å²) in [5.41, 5.74) is 13.0. The highest BCUT2D eigenvalue weighted by Gasteiger charge is 2.18. The van der Waals surface area contributed by atoms with Crippen LogP contribution in [0.1, 0.15) is 0 Å². The first kappa shape index (κ1) is 32.4. The van der Waals surface area contributed by atoms with Gasteiger partial charge in [-0.05, 0) is 125 Å². The lowest BCUT2D eigenvalue weighted by molar-refractivity contribution is 1.29. The molecule has 0 amide bonds. The lowest BCUT2D eigenvalue weighted by Crippen LogP contribution is -2.10. The largest absolute Gasteiger partial charge is 0.310 e. The van der Waals surface area contributed by atoms with Crippen LogP contribution in [0.25, 0.3) is 76.8 Å². The molecule has 0 atom stereocenters. The molecule has 0 radical (unpaired) electrons. The van der Waals surface area contributed by atoms with E-state index in [1.165, 1.54) is 76.8 Å². The fourth-order valence-corrected chi connectivity index (χ4v) is 8.01. The van der Waals surface area contributed by atoms with Gasteiger partial charge in [0, 0.05) is 17.1 Å². The lowest BCUT2D eigenvalue weighted by Gasteiger charge is -2.27. The Morgan fingerprint density at radius 2 is 0.655 bits per heavy atom. The van der Waals surface area contributed by atoms with E-state index < -0.39 is 0 Å². The lowest BCUT2D eigenvalue weighted by atomic mass is 9.93. The molecule has 258 valence electrons. The number of hydrogen-bond acceptors (Lipinski definition) is 1. The zero-order valence-electron chi connectivity index (χ0n) is 30.3. The van der Waals surface area contributed by atoms with Gasteiger partial charge in [0.1, 0.15) is 0 Å². The molecule has 0 aromatic heterocycles. The van der Waals surface area contributed by atoms with Gasteiger partial charge in [0.25, 0.3) is 0 Å². The Labute approximate surface area is 322 Å². The SMILES string of the molecule is c1ccc(-c2ccc3cc(-c4ccc(N(c5ccc(-c6ccccc6)c(-c6ccccc6)c5)c5ccc6ccc7ccccc7c6c5)cc4)ccc3c2)cc1. The molecular formula is C54H37N. The molecule has 0 N–H and O–H groups in total. The molecule has 0 heterocycles. The van der Waals surface area contributed by atoms with Gasteiger partial charge in [-0.1, -0.05) is 176 Å². The Hall–Kier alpha value is -7.22. The third-order valence-electron chi connectivity index (χ3n) is 10.8. The van der Waals surface area contributed by atoms with E-state index in [9.17, 15) is 0 Å². The van der Waals surface area contributed by atoms with E-state index >= 15 is 0 Å². The van der Waals surface area contributed by atoms with Crippen LogP contribution in [0.15, 0.2) is 224 Å². The predicted molar refractivity (Wildman–Crippen MR) is 235 cm³/mol. The van der Waals surface area contributed by atoms with Gasteiger partial charge in [0.15, 0.2) is 0 Å². The van der Waals surface area contributed by atoms with E-state index in [4.69, 9.17) is 0 Å². The summed E-state index contributed by atoms with van der Waals surface area (Å²) in [6.07, 6.45) is 0. The highest BCUT2D eigenvalue weighted by atomic mass is 15.1. The maximum atomic E-state index is 2.40. The number of anilines is 3. The van der Waals surface area contributed by atoms with Gasteiger partial charge in [0.05, 0.1) is 0 Å². The third-order valence-corrected chi connectivity index (χ3v) is 10.8. The van der Waals surface area contributed by atoms with Crippen molar-refractivity contribution in [2.45, 2.75) is 0 Å². The summed E-state index contributed by atoms with van der Waals surface area (Å²) >= 11 is 0. The highest BCUT2D eigenvalue weighted by Crippen LogP contribution is 2.42. The first-order valence-corrected chi connectivity index (χ1v) is 18.9. The van der Waals surface area contributed by atoms with Crippen LogP contribution in [0.3, 0.4) is 0 Å². The van der Waals surface area contributed by atoms with Crippen molar-refractivity contribution in [2.75, 3.05) is 4.90 Å². The Kier molecular flexibility index (Phi) is 8.24. The Balaban J connectivity index is 1.10. The molecule has 1 heteroatoms. The second kappa shape index (κ2) is 14.0. The van der Waals surface area contributed by atoms with E-state index in [0.717, 1.165) is 17.1 Å². The van der Waals surface area contributed by atoms with Crippen molar-refractivity contribution in [2.24, 2.45) is 0 Å². The van der Waals surface area contributed by atoms with Crippen molar-refractivity contribution in [1.82, 2.24) is 0 Å². The molecular weight excluding hydrogens is 663 g/mol. The van der Waals surface area contributed by atoms with Gasteiger partial charge >= 0.3 is 0 Å².